The molecule has 2 nitrogen and oxygen atoms in total. The van der Waals surface area contributed by atoms with Crippen molar-refractivity contribution in [1.82, 2.24) is 4.72 Å². The molecule has 0 aromatic heterocycles. The lowest BCUT2D eigenvalue weighted by Gasteiger charge is -2.07. The first kappa shape index (κ1) is 5.80. The molecule has 0 aliphatic carbocycles. The summed E-state index contributed by atoms with van der Waals surface area (Å²) in [5.41, 5.74) is 1.05. The number of nitrogens with zero attached hydrogens (tertiary/aromatic N) is 1. The predicted octanol–water partition coefficient (Wildman–Crippen LogP) is 1.96. The molecule has 1 N–H and O–H groups in total. The number of para-hydroxylation sites is 1. The Kier molecular flexibility index (Phi) is 1.36. The minimum Gasteiger partial charge on any atom is -0.316 e. The van der Waals surface area contributed by atoms with Gasteiger partial charge >= 0.3 is 0 Å². The third-order valence-electron chi connectivity index (χ3n) is 1.29. The zero-order chi connectivity index (χ0) is 6.81. The van der Waals surface area contributed by atoms with Crippen LogP contribution >= 0.6 is 11.9 Å². The number of hydrogen-bond donors (Lipinski definition) is 1. The average Bonchev–Trinajstić information content (AvgIpc) is 2.05. The molecular weight excluding hydrogens is 144 g/mol. The summed E-state index contributed by atoms with van der Waals surface area (Å²) >= 11 is 1.59. The highest BCUT2D eigenvalue weighted by Crippen LogP contribution is 2.28. The molecule has 10 heavy (non-hydrogen) atoms. The van der Waals surface area contributed by atoms with E-state index in [-0.39, 0.29) is 0 Å². The summed E-state index contributed by atoms with van der Waals surface area (Å²) in [7, 11) is 0. The van der Waals surface area contributed by atoms with E-state index in [2.05, 4.69) is 9.71 Å². The van der Waals surface area contributed by atoms with Gasteiger partial charge in [-0.15, -0.1) is 0 Å². The number of fused-ring (bicyclic) bond motifs is 1. The summed E-state index contributed by atoms with van der Waals surface area (Å²) in [5.74, 6) is 0. The molecule has 1 aromatic rings. The van der Waals surface area contributed by atoms with Crippen molar-refractivity contribution in [3.63, 3.8) is 0 Å². The van der Waals surface area contributed by atoms with E-state index in [0.29, 0.717) is 0 Å². The van der Waals surface area contributed by atoms with Crippen molar-refractivity contribution in [3.05, 3.63) is 24.3 Å². The summed E-state index contributed by atoms with van der Waals surface area (Å²) in [6, 6.07) is 8.04. The van der Waals surface area contributed by atoms with Crippen LogP contribution in [0.1, 0.15) is 0 Å². The second kappa shape index (κ2) is 2.34. The van der Waals surface area contributed by atoms with Gasteiger partial charge in [-0.25, -0.2) is 4.99 Å². The van der Waals surface area contributed by atoms with Crippen molar-refractivity contribution in [2.24, 2.45) is 4.99 Å². The van der Waals surface area contributed by atoms with Crippen LogP contribution in [0, 0.1) is 0 Å². The van der Waals surface area contributed by atoms with Crippen molar-refractivity contribution in [2.75, 3.05) is 0 Å². The number of aliphatic imine (C=N–C) groups is 1. The third-order valence-corrected chi connectivity index (χ3v) is 2.08. The van der Waals surface area contributed by atoms with E-state index >= 15 is 0 Å². The highest BCUT2D eigenvalue weighted by molar-refractivity contribution is 7.98. The van der Waals surface area contributed by atoms with Crippen molar-refractivity contribution in [3.8, 4) is 0 Å². The van der Waals surface area contributed by atoms with Crippen LogP contribution in [0.2, 0.25) is 0 Å². The Morgan fingerprint density at radius 1 is 1.30 bits per heavy atom. The quantitative estimate of drug-likeness (QED) is 0.572. The highest BCUT2D eigenvalue weighted by atomic mass is 32.2. The minimum absolute atomic E-state index is 1.05. The van der Waals surface area contributed by atoms with E-state index in [1.807, 2.05) is 24.3 Å². The van der Waals surface area contributed by atoms with Crippen LogP contribution in [0.4, 0.5) is 5.69 Å². The zero-order valence-corrected chi connectivity index (χ0v) is 6.06. The first-order valence-corrected chi connectivity index (χ1v) is 3.82. The maximum atomic E-state index is 4.14. The van der Waals surface area contributed by atoms with Gasteiger partial charge in [0.25, 0.3) is 0 Å². The molecule has 0 amide bonds. The number of nitrogens with one attached hydrogen (secondary N) is 1. The lowest BCUT2D eigenvalue weighted by Crippen LogP contribution is -2.01. The number of rotatable bonds is 0. The maximum Gasteiger partial charge on any atom is 0.0988 e. The van der Waals surface area contributed by atoms with Gasteiger partial charge in [-0.1, -0.05) is 12.1 Å². The molecule has 50 valence electrons. The summed E-state index contributed by atoms with van der Waals surface area (Å²) in [6.07, 6.45) is 1.70. The van der Waals surface area contributed by atoms with Gasteiger partial charge < -0.3 is 4.72 Å². The molecule has 2 rings (SSSR count). The smallest absolute Gasteiger partial charge is 0.0988 e. The fraction of sp³-hybridized carbons (Fsp3) is 0. The van der Waals surface area contributed by atoms with Crippen LogP contribution in [0.15, 0.2) is 34.2 Å². The maximum absolute atomic E-state index is 4.14. The van der Waals surface area contributed by atoms with Gasteiger partial charge in [-0.3, -0.25) is 0 Å². The van der Waals surface area contributed by atoms with Crippen molar-refractivity contribution >= 4 is 24.0 Å². The lowest BCUT2D eigenvalue weighted by atomic mass is 10.3. The highest BCUT2D eigenvalue weighted by Gasteiger charge is 2.02. The molecule has 1 heterocycles. The second-order valence-corrected chi connectivity index (χ2v) is 2.83. The van der Waals surface area contributed by atoms with Gasteiger partial charge in [0.2, 0.25) is 0 Å². The summed E-state index contributed by atoms with van der Waals surface area (Å²) in [6.45, 7) is 0. The molecule has 3 heteroatoms. The Morgan fingerprint density at radius 3 is 3.10 bits per heavy atom. The number of benzene rings is 1. The first-order valence-electron chi connectivity index (χ1n) is 3.01. The third kappa shape index (κ3) is 0.885. The Bertz CT molecular complexity index is 270. The van der Waals surface area contributed by atoms with E-state index < -0.39 is 0 Å². The Balaban J connectivity index is 2.54. The van der Waals surface area contributed by atoms with Crippen LogP contribution in [0.3, 0.4) is 0 Å². The monoisotopic (exact) mass is 150 g/mol. The van der Waals surface area contributed by atoms with Crippen LogP contribution in [-0.2, 0) is 0 Å². The summed E-state index contributed by atoms with van der Waals surface area (Å²) in [5, 5.41) is 0. The molecule has 1 aromatic carbocycles. The SMILES string of the molecule is C1=Nc2ccccc2SN1. The van der Waals surface area contributed by atoms with Gasteiger partial charge in [0.15, 0.2) is 0 Å². The van der Waals surface area contributed by atoms with E-state index in [1.165, 1.54) is 4.90 Å². The zero-order valence-electron chi connectivity index (χ0n) is 5.24. The fourth-order valence-corrected chi connectivity index (χ4v) is 1.44. The topological polar surface area (TPSA) is 24.4 Å². The molecule has 1 aliphatic heterocycles. The molecule has 0 spiro atoms. The molecule has 0 saturated heterocycles. The van der Waals surface area contributed by atoms with E-state index in [4.69, 9.17) is 0 Å². The normalized spacial score (nSPS) is 14.0. The molecule has 0 atom stereocenters. The Labute approximate surface area is 63.5 Å². The predicted molar refractivity (Wildman–Crippen MR) is 43.6 cm³/mol. The number of hydrogen-bond acceptors (Lipinski definition) is 3. The lowest BCUT2D eigenvalue weighted by molar-refractivity contribution is 1.32. The van der Waals surface area contributed by atoms with Gasteiger partial charge in [0.05, 0.1) is 16.9 Å². The van der Waals surface area contributed by atoms with Crippen LogP contribution in [0.5, 0.6) is 0 Å². The molecular formula is C7H6N2S. The molecule has 1 aliphatic rings. The molecule has 0 fully saturated rings. The van der Waals surface area contributed by atoms with Gasteiger partial charge in [0.1, 0.15) is 0 Å². The minimum atomic E-state index is 1.05. The summed E-state index contributed by atoms with van der Waals surface area (Å²) in [4.78, 5) is 5.32. The van der Waals surface area contributed by atoms with Crippen LogP contribution in [0.25, 0.3) is 0 Å². The van der Waals surface area contributed by atoms with Crippen LogP contribution in [-0.4, -0.2) is 6.34 Å². The molecule has 0 radical (unpaired) electrons. The van der Waals surface area contributed by atoms with Crippen molar-refractivity contribution in [1.29, 1.82) is 0 Å². The van der Waals surface area contributed by atoms with Gasteiger partial charge in [-0.05, 0) is 24.1 Å². The van der Waals surface area contributed by atoms with Crippen LogP contribution < -0.4 is 4.72 Å². The largest absolute Gasteiger partial charge is 0.316 e. The van der Waals surface area contributed by atoms with Gasteiger partial charge in [0, 0.05) is 0 Å². The second-order valence-electron chi connectivity index (χ2n) is 1.95. The fourth-order valence-electron chi connectivity index (χ4n) is 0.836. The van der Waals surface area contributed by atoms with E-state index in [0.717, 1.165) is 5.69 Å². The Morgan fingerprint density at radius 2 is 2.20 bits per heavy atom. The standard InChI is InChI=1S/C7H6N2S/c1-2-4-7-6(3-1)8-5-9-10-7/h1-5H,(H,8,9). The van der Waals surface area contributed by atoms with Gasteiger partial charge in [-0.2, -0.15) is 0 Å². The average molecular weight is 150 g/mol. The van der Waals surface area contributed by atoms with Crippen molar-refractivity contribution in [2.45, 2.75) is 4.90 Å². The molecule has 0 unspecified atom stereocenters. The molecule has 0 bridgehead atoms. The van der Waals surface area contributed by atoms with Crippen molar-refractivity contribution < 1.29 is 0 Å². The van der Waals surface area contributed by atoms with E-state index in [9.17, 15) is 0 Å². The molecule has 0 saturated carbocycles. The van der Waals surface area contributed by atoms with E-state index in [1.54, 1.807) is 18.3 Å². The Hall–Kier alpha value is -0.960. The first-order chi connectivity index (χ1) is 4.97. The summed E-state index contributed by atoms with van der Waals surface area (Å²) < 4.78 is 2.97.